The molecule has 0 nitrogen and oxygen atoms in total. The Morgan fingerprint density at radius 3 is 2.62 bits per heavy atom. The summed E-state index contributed by atoms with van der Waals surface area (Å²) in [5, 5.41) is 0. The molecule has 0 heterocycles. The SMILES string of the molecule is CCCCc1ccc(C2=CCc3c(F)cccc3C2)cc1. The van der Waals surface area contributed by atoms with Gasteiger partial charge in [-0.1, -0.05) is 55.8 Å². The predicted molar refractivity (Wildman–Crippen MR) is 86.8 cm³/mol. The second kappa shape index (κ2) is 6.26. The lowest BCUT2D eigenvalue weighted by Gasteiger charge is -2.18. The number of hydrogen-bond acceptors (Lipinski definition) is 0. The Morgan fingerprint density at radius 2 is 1.86 bits per heavy atom. The lowest BCUT2D eigenvalue weighted by molar-refractivity contribution is 0.611. The number of halogens is 1. The van der Waals surface area contributed by atoms with E-state index in [1.165, 1.54) is 29.5 Å². The van der Waals surface area contributed by atoms with Crippen molar-refractivity contribution in [3.63, 3.8) is 0 Å². The van der Waals surface area contributed by atoms with Crippen LogP contribution >= 0.6 is 0 Å². The molecule has 0 amide bonds. The summed E-state index contributed by atoms with van der Waals surface area (Å²) in [6, 6.07) is 14.3. The highest BCUT2D eigenvalue weighted by molar-refractivity contribution is 5.70. The standard InChI is InChI=1S/C20H21F/c1-2-3-5-15-8-10-16(11-9-15)17-12-13-19-18(14-17)6-4-7-20(19)21/h4,6-12H,2-3,5,13-14H2,1H3. The van der Waals surface area contributed by atoms with Crippen molar-refractivity contribution < 1.29 is 4.39 Å². The number of fused-ring (bicyclic) bond motifs is 1. The van der Waals surface area contributed by atoms with Crippen LogP contribution in [0.5, 0.6) is 0 Å². The van der Waals surface area contributed by atoms with E-state index in [-0.39, 0.29) is 5.82 Å². The number of rotatable bonds is 4. The molecule has 0 atom stereocenters. The summed E-state index contributed by atoms with van der Waals surface area (Å²) >= 11 is 0. The van der Waals surface area contributed by atoms with Gasteiger partial charge in [0.1, 0.15) is 5.82 Å². The maximum Gasteiger partial charge on any atom is 0.126 e. The van der Waals surface area contributed by atoms with Gasteiger partial charge in [0.15, 0.2) is 0 Å². The Labute approximate surface area is 126 Å². The van der Waals surface area contributed by atoms with Crippen molar-refractivity contribution in [2.24, 2.45) is 0 Å². The van der Waals surface area contributed by atoms with E-state index in [9.17, 15) is 4.39 Å². The molecule has 0 saturated carbocycles. The van der Waals surface area contributed by atoms with Crippen LogP contribution in [0.2, 0.25) is 0 Å². The average molecular weight is 280 g/mol. The number of benzene rings is 2. The number of hydrogen-bond donors (Lipinski definition) is 0. The molecule has 0 unspecified atom stereocenters. The molecule has 0 aromatic heterocycles. The minimum Gasteiger partial charge on any atom is -0.207 e. The number of unbranched alkanes of at least 4 members (excludes halogenated alkanes) is 1. The Kier molecular flexibility index (Phi) is 4.19. The lowest BCUT2D eigenvalue weighted by Crippen LogP contribution is -2.05. The predicted octanol–water partition coefficient (Wildman–Crippen LogP) is 5.35. The van der Waals surface area contributed by atoms with Gasteiger partial charge >= 0.3 is 0 Å². The quantitative estimate of drug-likeness (QED) is 0.708. The van der Waals surface area contributed by atoms with Gasteiger partial charge in [-0.15, -0.1) is 0 Å². The molecular weight excluding hydrogens is 259 g/mol. The monoisotopic (exact) mass is 280 g/mol. The summed E-state index contributed by atoms with van der Waals surface area (Å²) in [5.74, 6) is -0.0716. The molecular formula is C20H21F. The summed E-state index contributed by atoms with van der Waals surface area (Å²) in [6.45, 7) is 2.22. The summed E-state index contributed by atoms with van der Waals surface area (Å²) in [7, 11) is 0. The van der Waals surface area contributed by atoms with Crippen molar-refractivity contribution in [1.82, 2.24) is 0 Å². The third-order valence-corrected chi connectivity index (χ3v) is 4.29. The molecule has 0 bridgehead atoms. The van der Waals surface area contributed by atoms with Crippen LogP contribution < -0.4 is 0 Å². The first kappa shape index (κ1) is 14.1. The van der Waals surface area contributed by atoms with Crippen LogP contribution in [0.3, 0.4) is 0 Å². The minimum absolute atomic E-state index is 0.0716. The van der Waals surface area contributed by atoms with E-state index in [1.54, 1.807) is 6.07 Å². The van der Waals surface area contributed by atoms with Crippen molar-refractivity contribution in [2.75, 3.05) is 0 Å². The van der Waals surface area contributed by atoms with Crippen molar-refractivity contribution in [3.8, 4) is 0 Å². The number of allylic oxidation sites excluding steroid dienone is 2. The van der Waals surface area contributed by atoms with Crippen LogP contribution in [-0.4, -0.2) is 0 Å². The van der Waals surface area contributed by atoms with E-state index >= 15 is 0 Å². The van der Waals surface area contributed by atoms with Gasteiger partial charge < -0.3 is 0 Å². The van der Waals surface area contributed by atoms with Gasteiger partial charge in [0, 0.05) is 0 Å². The van der Waals surface area contributed by atoms with E-state index < -0.39 is 0 Å². The molecule has 21 heavy (non-hydrogen) atoms. The van der Waals surface area contributed by atoms with Crippen LogP contribution in [0.1, 0.15) is 42.0 Å². The summed E-state index contributed by atoms with van der Waals surface area (Å²) in [6.07, 6.45) is 7.34. The smallest absolute Gasteiger partial charge is 0.126 e. The topological polar surface area (TPSA) is 0 Å². The molecule has 1 aliphatic rings. The van der Waals surface area contributed by atoms with Crippen molar-refractivity contribution >= 4 is 5.57 Å². The summed E-state index contributed by atoms with van der Waals surface area (Å²) in [5.41, 5.74) is 5.98. The Morgan fingerprint density at radius 1 is 1.05 bits per heavy atom. The Balaban J connectivity index is 1.78. The molecule has 0 spiro atoms. The first-order chi connectivity index (χ1) is 10.3. The fourth-order valence-corrected chi connectivity index (χ4v) is 2.99. The maximum atomic E-state index is 13.7. The lowest BCUT2D eigenvalue weighted by atomic mass is 9.87. The van der Waals surface area contributed by atoms with Crippen LogP contribution in [0.15, 0.2) is 48.5 Å². The van der Waals surface area contributed by atoms with Crippen LogP contribution in [0.25, 0.3) is 5.57 Å². The number of aryl methyl sites for hydroxylation is 1. The maximum absolute atomic E-state index is 13.7. The summed E-state index contributed by atoms with van der Waals surface area (Å²) < 4.78 is 13.7. The summed E-state index contributed by atoms with van der Waals surface area (Å²) in [4.78, 5) is 0. The zero-order chi connectivity index (χ0) is 14.7. The normalized spacial score (nSPS) is 13.7. The van der Waals surface area contributed by atoms with E-state index in [0.717, 1.165) is 24.0 Å². The first-order valence-electron chi connectivity index (χ1n) is 7.82. The van der Waals surface area contributed by atoms with Gasteiger partial charge in [0.2, 0.25) is 0 Å². The van der Waals surface area contributed by atoms with Crippen molar-refractivity contribution in [3.05, 3.63) is 76.6 Å². The molecule has 3 rings (SSSR count). The molecule has 0 saturated heterocycles. The molecule has 2 aromatic carbocycles. The highest BCUT2D eigenvalue weighted by Gasteiger charge is 2.15. The third kappa shape index (κ3) is 3.07. The van der Waals surface area contributed by atoms with Gasteiger partial charge in [0.05, 0.1) is 0 Å². The highest BCUT2D eigenvalue weighted by Crippen LogP contribution is 2.29. The zero-order valence-corrected chi connectivity index (χ0v) is 12.5. The fraction of sp³-hybridized carbons (Fsp3) is 0.300. The van der Waals surface area contributed by atoms with Crippen LogP contribution in [0, 0.1) is 5.82 Å². The first-order valence-corrected chi connectivity index (χ1v) is 7.82. The van der Waals surface area contributed by atoms with Crippen LogP contribution in [0.4, 0.5) is 4.39 Å². The molecule has 0 N–H and O–H groups in total. The minimum atomic E-state index is -0.0716. The van der Waals surface area contributed by atoms with Crippen molar-refractivity contribution in [2.45, 2.75) is 39.0 Å². The van der Waals surface area contributed by atoms with E-state index in [2.05, 4.69) is 37.3 Å². The largest absolute Gasteiger partial charge is 0.207 e. The molecule has 0 aliphatic heterocycles. The highest BCUT2D eigenvalue weighted by atomic mass is 19.1. The second-order valence-electron chi connectivity index (χ2n) is 5.79. The molecule has 0 fully saturated rings. The van der Waals surface area contributed by atoms with Gasteiger partial charge in [0.25, 0.3) is 0 Å². The molecule has 1 heteroatoms. The third-order valence-electron chi connectivity index (χ3n) is 4.29. The fourth-order valence-electron chi connectivity index (χ4n) is 2.99. The van der Waals surface area contributed by atoms with Crippen molar-refractivity contribution in [1.29, 1.82) is 0 Å². The van der Waals surface area contributed by atoms with E-state index in [0.29, 0.717) is 6.42 Å². The van der Waals surface area contributed by atoms with Crippen LogP contribution in [-0.2, 0) is 19.3 Å². The second-order valence-corrected chi connectivity index (χ2v) is 5.79. The van der Waals surface area contributed by atoms with E-state index in [4.69, 9.17) is 0 Å². The van der Waals surface area contributed by atoms with Gasteiger partial charge in [-0.25, -0.2) is 4.39 Å². The van der Waals surface area contributed by atoms with Gasteiger partial charge in [-0.2, -0.15) is 0 Å². The molecule has 2 aromatic rings. The molecule has 0 radical (unpaired) electrons. The average Bonchev–Trinajstić information content (AvgIpc) is 2.53. The van der Waals surface area contributed by atoms with E-state index in [1.807, 2.05) is 12.1 Å². The van der Waals surface area contributed by atoms with Gasteiger partial charge in [-0.05, 0) is 59.6 Å². The Hall–Kier alpha value is -1.89. The molecule has 1 aliphatic carbocycles. The zero-order valence-electron chi connectivity index (χ0n) is 12.5. The Bertz CT molecular complexity index is 650. The van der Waals surface area contributed by atoms with Gasteiger partial charge in [-0.3, -0.25) is 0 Å². The molecule has 108 valence electrons.